The van der Waals surface area contributed by atoms with Gasteiger partial charge in [-0.25, -0.2) is 0 Å². The van der Waals surface area contributed by atoms with E-state index in [2.05, 4.69) is 10.3 Å². The number of piperidine rings is 1. The lowest BCUT2D eigenvalue weighted by molar-refractivity contribution is 0.0919. The number of rotatable bonds is 3. The summed E-state index contributed by atoms with van der Waals surface area (Å²) >= 11 is 6.04. The van der Waals surface area contributed by atoms with Gasteiger partial charge in [-0.1, -0.05) is 23.7 Å². The van der Waals surface area contributed by atoms with Crippen molar-refractivity contribution >= 4 is 28.5 Å². The summed E-state index contributed by atoms with van der Waals surface area (Å²) in [5, 5.41) is 4.05. The molecule has 0 unspecified atom stereocenters. The average molecular weight is 354 g/mol. The van der Waals surface area contributed by atoms with Crippen LogP contribution in [0.4, 0.5) is 0 Å². The van der Waals surface area contributed by atoms with E-state index in [1.807, 2.05) is 42.6 Å². The summed E-state index contributed by atoms with van der Waals surface area (Å²) in [4.78, 5) is 17.5. The largest absolute Gasteiger partial charge is 0.317 e. The lowest BCUT2D eigenvalue weighted by Crippen LogP contribution is -2.26. The summed E-state index contributed by atoms with van der Waals surface area (Å²) < 4.78 is 1.76. The predicted octanol–water partition coefficient (Wildman–Crippen LogP) is 4.04. The van der Waals surface area contributed by atoms with Gasteiger partial charge >= 0.3 is 0 Å². The molecule has 0 bridgehead atoms. The van der Waals surface area contributed by atoms with Crippen molar-refractivity contribution in [2.45, 2.75) is 25.2 Å². The van der Waals surface area contributed by atoms with E-state index >= 15 is 0 Å². The maximum atomic E-state index is 12.9. The standard InChI is InChI=1S/C20H20ClN3O/c21-16-4-1-3-14(11-16)12-19(25)24-13-17(15-6-9-22-10-7-15)20-18(24)5-2-8-23-20/h1-5,8,11,13,15,22H,6-7,9-10,12H2. The third-order valence-electron chi connectivity index (χ3n) is 4.88. The molecule has 4 nitrogen and oxygen atoms in total. The predicted molar refractivity (Wildman–Crippen MR) is 100 cm³/mol. The molecule has 0 saturated carbocycles. The quantitative estimate of drug-likeness (QED) is 0.773. The van der Waals surface area contributed by atoms with E-state index < -0.39 is 0 Å². The average Bonchev–Trinajstić information content (AvgIpc) is 3.02. The second-order valence-electron chi connectivity index (χ2n) is 6.55. The highest BCUT2D eigenvalue weighted by atomic mass is 35.5. The molecule has 1 saturated heterocycles. The molecule has 1 aliphatic heterocycles. The van der Waals surface area contributed by atoms with Gasteiger partial charge in [-0.2, -0.15) is 0 Å². The molecule has 5 heteroatoms. The zero-order chi connectivity index (χ0) is 17.2. The number of nitrogens with zero attached hydrogens (tertiary/aromatic N) is 2. The summed E-state index contributed by atoms with van der Waals surface area (Å²) in [7, 11) is 0. The number of hydrogen-bond acceptors (Lipinski definition) is 3. The van der Waals surface area contributed by atoms with Gasteiger partial charge in [0.25, 0.3) is 0 Å². The molecule has 3 heterocycles. The number of pyridine rings is 1. The molecule has 0 radical (unpaired) electrons. The molecular formula is C20H20ClN3O. The Morgan fingerprint density at radius 1 is 1.24 bits per heavy atom. The second kappa shape index (κ2) is 6.98. The Labute approximate surface area is 151 Å². The molecule has 4 rings (SSSR count). The number of halogens is 1. The van der Waals surface area contributed by atoms with Crippen molar-refractivity contribution in [2.75, 3.05) is 13.1 Å². The van der Waals surface area contributed by atoms with Crippen molar-refractivity contribution < 1.29 is 4.79 Å². The van der Waals surface area contributed by atoms with Crippen LogP contribution in [0.2, 0.25) is 5.02 Å². The molecule has 1 aliphatic rings. The minimum atomic E-state index is 0.0421. The highest BCUT2D eigenvalue weighted by Gasteiger charge is 2.22. The maximum Gasteiger partial charge on any atom is 0.235 e. The second-order valence-corrected chi connectivity index (χ2v) is 6.99. The zero-order valence-corrected chi connectivity index (χ0v) is 14.7. The highest BCUT2D eigenvalue weighted by Crippen LogP contribution is 2.32. The third-order valence-corrected chi connectivity index (χ3v) is 5.11. The smallest absolute Gasteiger partial charge is 0.235 e. The Hall–Kier alpha value is -2.17. The van der Waals surface area contributed by atoms with Gasteiger partial charge in [-0.3, -0.25) is 14.3 Å². The minimum absolute atomic E-state index is 0.0421. The van der Waals surface area contributed by atoms with Crippen LogP contribution in [0, 0.1) is 0 Å². The molecule has 128 valence electrons. The van der Waals surface area contributed by atoms with Gasteiger partial charge in [-0.05, 0) is 67.2 Å². The molecule has 0 spiro atoms. The number of hydrogen-bond donors (Lipinski definition) is 1. The Balaban J connectivity index is 1.70. The Morgan fingerprint density at radius 3 is 2.88 bits per heavy atom. The molecule has 25 heavy (non-hydrogen) atoms. The van der Waals surface area contributed by atoms with E-state index in [1.54, 1.807) is 10.8 Å². The molecule has 0 aliphatic carbocycles. The molecule has 0 amide bonds. The fourth-order valence-electron chi connectivity index (χ4n) is 3.63. The number of aromatic nitrogens is 2. The van der Waals surface area contributed by atoms with Crippen molar-refractivity contribution in [1.29, 1.82) is 0 Å². The monoisotopic (exact) mass is 353 g/mol. The lowest BCUT2D eigenvalue weighted by Gasteiger charge is -2.21. The molecular weight excluding hydrogens is 334 g/mol. The van der Waals surface area contributed by atoms with Crippen LogP contribution >= 0.6 is 11.6 Å². The van der Waals surface area contributed by atoms with Gasteiger partial charge in [0, 0.05) is 17.4 Å². The van der Waals surface area contributed by atoms with Crippen LogP contribution in [0.15, 0.2) is 48.8 Å². The van der Waals surface area contributed by atoms with Crippen LogP contribution < -0.4 is 5.32 Å². The van der Waals surface area contributed by atoms with Crippen molar-refractivity contribution in [3.63, 3.8) is 0 Å². The van der Waals surface area contributed by atoms with Crippen LogP contribution in [-0.4, -0.2) is 28.5 Å². The number of fused-ring (bicyclic) bond motifs is 1. The van der Waals surface area contributed by atoms with E-state index in [0.29, 0.717) is 17.4 Å². The summed E-state index contributed by atoms with van der Waals surface area (Å²) in [5.41, 5.74) is 3.96. The third kappa shape index (κ3) is 3.32. The summed E-state index contributed by atoms with van der Waals surface area (Å²) in [6.07, 6.45) is 6.29. The fraction of sp³-hybridized carbons (Fsp3) is 0.300. The topological polar surface area (TPSA) is 46.9 Å². The van der Waals surface area contributed by atoms with Crippen LogP contribution in [0.5, 0.6) is 0 Å². The Bertz CT molecular complexity index is 912. The Morgan fingerprint density at radius 2 is 2.08 bits per heavy atom. The molecule has 0 atom stereocenters. The number of nitrogens with one attached hydrogen (secondary N) is 1. The first-order valence-electron chi connectivity index (χ1n) is 8.67. The van der Waals surface area contributed by atoms with Crippen LogP contribution in [0.1, 0.15) is 34.7 Å². The highest BCUT2D eigenvalue weighted by molar-refractivity contribution is 6.30. The van der Waals surface area contributed by atoms with Gasteiger partial charge in [0.05, 0.1) is 17.5 Å². The van der Waals surface area contributed by atoms with Gasteiger partial charge in [0.15, 0.2) is 0 Å². The van der Waals surface area contributed by atoms with Gasteiger partial charge < -0.3 is 5.32 Å². The molecule has 1 N–H and O–H groups in total. The molecule has 2 aromatic heterocycles. The lowest BCUT2D eigenvalue weighted by atomic mass is 9.91. The summed E-state index contributed by atoms with van der Waals surface area (Å²) in [5.74, 6) is 0.499. The van der Waals surface area contributed by atoms with E-state index in [0.717, 1.165) is 42.5 Å². The normalized spacial score (nSPS) is 15.6. The van der Waals surface area contributed by atoms with E-state index in [1.165, 1.54) is 5.56 Å². The van der Waals surface area contributed by atoms with Gasteiger partial charge in [-0.15, -0.1) is 0 Å². The number of benzene rings is 1. The first-order valence-corrected chi connectivity index (χ1v) is 9.04. The van der Waals surface area contributed by atoms with Crippen molar-refractivity contribution in [3.8, 4) is 0 Å². The van der Waals surface area contributed by atoms with Crippen LogP contribution in [0.3, 0.4) is 0 Å². The zero-order valence-electron chi connectivity index (χ0n) is 13.9. The van der Waals surface area contributed by atoms with Crippen molar-refractivity contribution in [3.05, 3.63) is 64.9 Å². The van der Waals surface area contributed by atoms with Crippen molar-refractivity contribution in [2.24, 2.45) is 0 Å². The summed E-state index contributed by atoms with van der Waals surface area (Å²) in [6, 6.07) is 11.3. The van der Waals surface area contributed by atoms with Crippen LogP contribution in [-0.2, 0) is 6.42 Å². The SMILES string of the molecule is O=C(Cc1cccc(Cl)c1)n1cc(C2CCNCC2)c2ncccc21. The van der Waals surface area contributed by atoms with Gasteiger partial charge in [0.2, 0.25) is 5.91 Å². The number of carbonyl (C=O) groups excluding carboxylic acids is 1. The van der Waals surface area contributed by atoms with Crippen LogP contribution in [0.25, 0.3) is 11.0 Å². The summed E-state index contributed by atoms with van der Waals surface area (Å²) in [6.45, 7) is 2.03. The first kappa shape index (κ1) is 16.3. The molecule has 3 aromatic rings. The molecule has 1 fully saturated rings. The molecule has 1 aromatic carbocycles. The first-order chi connectivity index (χ1) is 12.2. The fourth-order valence-corrected chi connectivity index (χ4v) is 3.84. The van der Waals surface area contributed by atoms with Gasteiger partial charge in [0.1, 0.15) is 0 Å². The Kier molecular flexibility index (Phi) is 4.55. The van der Waals surface area contributed by atoms with E-state index in [-0.39, 0.29) is 5.91 Å². The van der Waals surface area contributed by atoms with Crippen molar-refractivity contribution in [1.82, 2.24) is 14.9 Å². The maximum absolute atomic E-state index is 12.9. The number of carbonyl (C=O) groups is 1. The minimum Gasteiger partial charge on any atom is -0.317 e. The van der Waals surface area contributed by atoms with E-state index in [4.69, 9.17) is 11.6 Å². The van der Waals surface area contributed by atoms with E-state index in [9.17, 15) is 4.79 Å².